The molecule has 7 rings (SSSR count). The van der Waals surface area contributed by atoms with Crippen molar-refractivity contribution >= 4 is 12.0 Å². The maximum absolute atomic E-state index is 13.6. The molecule has 1 amide bonds. The first-order chi connectivity index (χ1) is 20.4. The molecule has 1 spiro atoms. The normalized spacial score (nSPS) is 31.2. The van der Waals surface area contributed by atoms with Gasteiger partial charge < -0.3 is 24.4 Å². The molecule has 230 valence electrons. The monoisotopic (exact) mass is 597 g/mol. The number of carbonyl (C=O) groups is 1. The van der Waals surface area contributed by atoms with Crippen LogP contribution >= 0.6 is 0 Å². The van der Waals surface area contributed by atoms with E-state index in [1.165, 1.54) is 48.8 Å². The zero-order chi connectivity index (χ0) is 30.3. The summed E-state index contributed by atoms with van der Waals surface area (Å²) >= 11 is 0. The Hall–Kier alpha value is -3.24. The van der Waals surface area contributed by atoms with Gasteiger partial charge in [0.2, 0.25) is 5.91 Å². The number of rotatable bonds is 7. The minimum absolute atomic E-state index is 0.141. The summed E-state index contributed by atoms with van der Waals surface area (Å²) in [6, 6.07) is 9.42. The van der Waals surface area contributed by atoms with Crippen LogP contribution in [-0.2, 0) is 16.6 Å². The Morgan fingerprint density at radius 3 is 2.67 bits per heavy atom. The molecule has 2 bridgehead atoms. The van der Waals surface area contributed by atoms with Gasteiger partial charge in [-0.15, -0.1) is 13.2 Å². The third kappa shape index (κ3) is 4.35. The van der Waals surface area contributed by atoms with Crippen LogP contribution in [0.25, 0.3) is 6.08 Å². The van der Waals surface area contributed by atoms with Crippen LogP contribution in [0.1, 0.15) is 48.8 Å². The summed E-state index contributed by atoms with van der Waals surface area (Å²) in [5, 5.41) is 11.0. The van der Waals surface area contributed by atoms with E-state index in [-0.39, 0.29) is 35.1 Å². The average Bonchev–Trinajstić information content (AvgIpc) is 3.70. The maximum atomic E-state index is 13.6. The average molecular weight is 598 g/mol. The lowest BCUT2D eigenvalue weighted by Crippen LogP contribution is -2.82. The van der Waals surface area contributed by atoms with Crippen molar-refractivity contribution in [3.05, 3.63) is 59.2 Å². The van der Waals surface area contributed by atoms with Gasteiger partial charge in [0.05, 0.1) is 11.5 Å². The largest absolute Gasteiger partial charge is 0.573 e. The third-order valence-electron chi connectivity index (χ3n) is 10.9. The summed E-state index contributed by atoms with van der Waals surface area (Å²) in [6.07, 6.45) is 3.75. The van der Waals surface area contributed by atoms with E-state index in [9.17, 15) is 23.1 Å². The molecule has 2 heterocycles. The lowest BCUT2D eigenvalue weighted by Gasteiger charge is -2.69. The summed E-state index contributed by atoms with van der Waals surface area (Å²) in [5.41, 5.74) is 2.17. The minimum Gasteiger partial charge on any atom is -0.504 e. The van der Waals surface area contributed by atoms with Gasteiger partial charge in [-0.3, -0.25) is 9.69 Å². The van der Waals surface area contributed by atoms with Crippen LogP contribution in [0, 0.1) is 5.92 Å². The van der Waals surface area contributed by atoms with Gasteiger partial charge in [0.1, 0.15) is 11.9 Å². The molecule has 2 saturated carbocycles. The third-order valence-corrected chi connectivity index (χ3v) is 10.9. The number of ether oxygens (including phenoxy) is 2. The molecule has 0 aromatic heterocycles. The van der Waals surface area contributed by atoms with E-state index in [4.69, 9.17) is 4.74 Å². The predicted octanol–water partition coefficient (Wildman–Crippen LogP) is 4.96. The Morgan fingerprint density at radius 2 is 1.95 bits per heavy atom. The Labute approximate surface area is 249 Å². The highest BCUT2D eigenvalue weighted by Crippen LogP contribution is 2.67. The fraction of sp³-hybridized carbons (Fsp3) is 0.545. The van der Waals surface area contributed by atoms with Gasteiger partial charge in [-0.05, 0) is 100 Å². The predicted molar refractivity (Wildman–Crippen MR) is 155 cm³/mol. The summed E-state index contributed by atoms with van der Waals surface area (Å²) in [6.45, 7) is 2.07. The first-order valence-corrected chi connectivity index (χ1v) is 15.2. The van der Waals surface area contributed by atoms with Crippen molar-refractivity contribution in [3.63, 3.8) is 0 Å². The Kier molecular flexibility index (Phi) is 6.56. The molecule has 0 unspecified atom stereocenters. The fourth-order valence-corrected chi connectivity index (χ4v) is 9.04. The lowest BCUT2D eigenvalue weighted by atomic mass is 9.46. The van der Waals surface area contributed by atoms with Gasteiger partial charge in [-0.1, -0.05) is 18.2 Å². The number of nitrogens with zero attached hydrogens (tertiary/aromatic N) is 3. The van der Waals surface area contributed by atoms with Crippen LogP contribution in [0.3, 0.4) is 0 Å². The van der Waals surface area contributed by atoms with Crippen LogP contribution in [0.5, 0.6) is 17.2 Å². The van der Waals surface area contributed by atoms with Gasteiger partial charge in [-0.25, -0.2) is 0 Å². The second-order valence-corrected chi connectivity index (χ2v) is 13.2. The van der Waals surface area contributed by atoms with Crippen LogP contribution < -0.4 is 9.47 Å². The van der Waals surface area contributed by atoms with E-state index in [1.54, 1.807) is 24.1 Å². The zero-order valence-corrected chi connectivity index (χ0v) is 24.7. The summed E-state index contributed by atoms with van der Waals surface area (Å²) in [4.78, 5) is 20.4. The smallest absolute Gasteiger partial charge is 0.504 e. The first kappa shape index (κ1) is 28.5. The Morgan fingerprint density at radius 1 is 1.16 bits per heavy atom. The van der Waals surface area contributed by atoms with Gasteiger partial charge >= 0.3 is 6.36 Å². The SMILES string of the molecule is CN(C(=O)C=Cc1cccc(OC(F)(F)F)c1)[C@H]1CC[C@@]2(N(C)C)[C@H]3Cc4ccc(O)c5c4[C@@]2(CCN3CC2CC2)[C@H]1O5. The number of phenols is 1. The molecule has 5 atom stereocenters. The highest BCUT2D eigenvalue weighted by Gasteiger charge is 2.74. The fourth-order valence-electron chi connectivity index (χ4n) is 9.04. The van der Waals surface area contributed by atoms with Gasteiger partial charge in [0.25, 0.3) is 0 Å². The van der Waals surface area contributed by atoms with Crippen molar-refractivity contribution in [2.75, 3.05) is 34.2 Å². The van der Waals surface area contributed by atoms with E-state index >= 15 is 0 Å². The number of hydrogen-bond donors (Lipinski definition) is 1. The molecule has 2 aromatic carbocycles. The number of piperidine rings is 1. The summed E-state index contributed by atoms with van der Waals surface area (Å²) in [5.74, 6) is 0.876. The molecule has 5 aliphatic rings. The minimum atomic E-state index is -4.79. The van der Waals surface area contributed by atoms with Gasteiger partial charge in [0, 0.05) is 36.8 Å². The number of likely N-dealkylation sites (N-methyl/N-ethyl adjacent to an activating group) is 2. The molecule has 3 fully saturated rings. The van der Waals surface area contributed by atoms with Crippen molar-refractivity contribution in [1.29, 1.82) is 0 Å². The molecule has 1 N–H and O–H groups in total. The highest BCUT2D eigenvalue weighted by molar-refractivity contribution is 5.92. The number of phenolic OH excluding ortho intramolecular Hbond substituents is 1. The van der Waals surface area contributed by atoms with Crippen molar-refractivity contribution in [2.24, 2.45) is 5.92 Å². The quantitative estimate of drug-likeness (QED) is 0.455. The molecule has 2 aromatic rings. The number of hydrogen-bond acceptors (Lipinski definition) is 6. The van der Waals surface area contributed by atoms with E-state index in [1.807, 2.05) is 0 Å². The molecular weight excluding hydrogens is 559 g/mol. The van der Waals surface area contributed by atoms with Crippen molar-refractivity contribution < 1.29 is 32.5 Å². The molecule has 7 nitrogen and oxygen atoms in total. The number of alkyl halides is 3. The highest BCUT2D eigenvalue weighted by atomic mass is 19.4. The number of halogens is 3. The molecule has 43 heavy (non-hydrogen) atoms. The number of aromatic hydroxyl groups is 1. The van der Waals surface area contributed by atoms with Crippen molar-refractivity contribution in [1.82, 2.24) is 14.7 Å². The molecule has 2 aliphatic heterocycles. The van der Waals surface area contributed by atoms with Crippen molar-refractivity contribution in [3.8, 4) is 17.2 Å². The van der Waals surface area contributed by atoms with E-state index in [0.717, 1.165) is 50.3 Å². The lowest BCUT2D eigenvalue weighted by molar-refractivity contribution is -0.274. The Bertz CT molecular complexity index is 1470. The van der Waals surface area contributed by atoms with Crippen LogP contribution in [0.15, 0.2) is 42.5 Å². The molecule has 3 aliphatic carbocycles. The van der Waals surface area contributed by atoms with Gasteiger partial charge in [-0.2, -0.15) is 0 Å². The molecule has 10 heteroatoms. The van der Waals surface area contributed by atoms with Crippen LogP contribution in [0.4, 0.5) is 13.2 Å². The summed E-state index contributed by atoms with van der Waals surface area (Å²) in [7, 11) is 6.12. The number of carbonyl (C=O) groups excluding carboxylic acids is 1. The molecule has 0 radical (unpaired) electrons. The second kappa shape index (κ2) is 9.89. The summed E-state index contributed by atoms with van der Waals surface area (Å²) < 4.78 is 48.9. The van der Waals surface area contributed by atoms with E-state index in [2.05, 4.69) is 34.7 Å². The van der Waals surface area contributed by atoms with Crippen LogP contribution in [0.2, 0.25) is 0 Å². The standard InChI is InChI=1S/C33H38F3N3O4/c1-37(2)32-14-13-24(38(3)27(41)12-9-20-5-4-6-23(17-20)43-33(34,35)36)30-31(32)15-16-39(19-21-7-8-21)26(32)18-22-10-11-25(40)29(42-30)28(22)31/h4-6,9-12,17,21,24,26,30,40H,7-8,13-16,18-19H2,1-3H3/t24-,26+,30-,31-,32+/m0/s1. The number of likely N-dealkylation sites (tertiary alicyclic amines) is 1. The first-order valence-electron chi connectivity index (χ1n) is 15.2. The number of benzene rings is 2. The van der Waals surface area contributed by atoms with E-state index < -0.39 is 11.8 Å². The second-order valence-electron chi connectivity index (χ2n) is 13.2. The zero-order valence-electron chi connectivity index (χ0n) is 24.7. The van der Waals surface area contributed by atoms with Gasteiger partial charge in [0.15, 0.2) is 11.5 Å². The maximum Gasteiger partial charge on any atom is 0.573 e. The van der Waals surface area contributed by atoms with E-state index in [0.29, 0.717) is 17.4 Å². The number of amides is 1. The topological polar surface area (TPSA) is 65.5 Å². The van der Waals surface area contributed by atoms with Crippen molar-refractivity contribution in [2.45, 2.75) is 74.0 Å². The van der Waals surface area contributed by atoms with Crippen LogP contribution in [-0.4, -0.2) is 90.0 Å². The molecular formula is C33H38F3N3O4. The molecule has 1 saturated heterocycles. The Balaban J connectivity index is 1.22.